The van der Waals surface area contributed by atoms with Crippen molar-refractivity contribution >= 4 is 58.9 Å². The first-order chi connectivity index (χ1) is 6.93. The fourth-order valence-electron chi connectivity index (χ4n) is 0. The minimum absolute atomic E-state index is 0. The molecule has 17 heavy (non-hydrogen) atoms. The first kappa shape index (κ1) is 30.0. The molecule has 0 aromatic rings. The Kier molecular flexibility index (Phi) is 43.5. The summed E-state index contributed by atoms with van der Waals surface area (Å²) >= 11 is -1.72. The molecule has 0 radical (unpaired) electrons. The largest absolute Gasteiger partial charge is 3.00 e. The zero-order chi connectivity index (χ0) is 14.3. The van der Waals surface area contributed by atoms with E-state index in [0.29, 0.717) is 0 Å². The molecule has 96 valence electrons. The van der Waals surface area contributed by atoms with E-state index in [9.17, 15) is 0 Å². The van der Waals surface area contributed by atoms with Crippen LogP contribution in [0.4, 0.5) is 0 Å². The van der Waals surface area contributed by atoms with Crippen molar-refractivity contribution in [1.29, 1.82) is 0 Å². The molecule has 0 amide bonds. The molecule has 0 N–H and O–H groups in total. The van der Waals surface area contributed by atoms with Gasteiger partial charge in [-0.1, -0.05) is 0 Å². The molecule has 0 saturated heterocycles. The molecule has 12 nitrogen and oxygen atoms in total. The molecule has 0 rings (SSSR count). The predicted molar refractivity (Wildman–Crippen MR) is 60.2 cm³/mol. The van der Waals surface area contributed by atoms with E-state index in [4.69, 9.17) is 76.1 Å². The second kappa shape index (κ2) is 24.7. The van der Waals surface area contributed by atoms with Crippen molar-refractivity contribution in [3.8, 4) is 0 Å². The molecule has 0 aromatic carbocycles. The van der Waals surface area contributed by atoms with Gasteiger partial charge in [0.2, 0.25) is 0 Å². The summed E-state index contributed by atoms with van der Waals surface area (Å²) in [4.78, 5) is 24.8. The second-order valence-corrected chi connectivity index (χ2v) is 7.35. The van der Waals surface area contributed by atoms with E-state index in [-0.39, 0.29) is 17.4 Å². The van der Waals surface area contributed by atoms with Gasteiger partial charge in [-0.3, -0.25) is 0 Å². The zero-order valence-corrected chi connectivity index (χ0v) is 11.9. The third kappa shape index (κ3) is 13200. The average molecular weight is 346 g/mol. The van der Waals surface area contributed by atoms with Crippen LogP contribution in [0.25, 0.3) is 0 Å². The maximum atomic E-state index is 8.25. The number of nitrogens with zero attached hydrogens (tertiary/aromatic N) is 3. The van der Waals surface area contributed by atoms with Gasteiger partial charge < -0.3 is 46.0 Å². The number of rotatable bonds is 0. The summed E-state index contributed by atoms with van der Waals surface area (Å²) < 4.78 is 0. The molecule has 0 atom stereocenters. The summed E-state index contributed by atoms with van der Waals surface area (Å²) in [5.41, 5.74) is 0. The molecule has 0 heterocycles. The average Bonchev–Trinajstić information content (AvgIpc) is 1.76. The van der Waals surface area contributed by atoms with Gasteiger partial charge in [-0.15, -0.1) is 0 Å². The summed E-state index contributed by atoms with van der Waals surface area (Å²) in [6.45, 7) is 0. The van der Waals surface area contributed by atoms with Crippen molar-refractivity contribution in [1.82, 2.24) is 0 Å². The summed E-state index contributed by atoms with van der Waals surface area (Å²) in [5, 5.41) is 44.2. The SMILES string of the molecule is O=[N+]([O-])[O-].O=[N+]([O-])[O-].O=[N+]([O-])[O-].[Al+3].[Cl][Al]([Cl])[Cl]. The van der Waals surface area contributed by atoms with Gasteiger partial charge in [0.1, 0.15) is 0 Å². The van der Waals surface area contributed by atoms with Crippen LogP contribution < -0.4 is 0 Å². The van der Waals surface area contributed by atoms with Gasteiger partial charge in [-0.05, 0) is 0 Å². The van der Waals surface area contributed by atoms with E-state index in [0.717, 1.165) is 0 Å². The summed E-state index contributed by atoms with van der Waals surface area (Å²) in [7, 11) is 14.8. The molecular weight excluding hydrogens is 346 g/mol. The Bertz CT molecular complexity index is 157. The fourth-order valence-corrected chi connectivity index (χ4v) is 0. The number of hydrogen-bond donors (Lipinski definition) is 0. The summed E-state index contributed by atoms with van der Waals surface area (Å²) in [5.74, 6) is 0. The summed E-state index contributed by atoms with van der Waals surface area (Å²) in [6, 6.07) is 0. The molecule has 0 spiro atoms. The van der Waals surface area contributed by atoms with Crippen molar-refractivity contribution in [3.63, 3.8) is 0 Å². The van der Waals surface area contributed by atoms with Crippen molar-refractivity contribution in [3.05, 3.63) is 46.0 Å². The monoisotopic (exact) mass is 345 g/mol. The Balaban J connectivity index is -0.0000000369. The molecule has 17 heteroatoms. The fraction of sp³-hybridized carbons (Fsp3) is 0. The van der Waals surface area contributed by atoms with Crippen LogP contribution in [0, 0.1) is 46.0 Å². The third-order valence-electron chi connectivity index (χ3n) is 0. The molecular formula is Al2Cl3N3O9. The van der Waals surface area contributed by atoms with E-state index < -0.39 is 26.6 Å². The Hall–Kier alpha value is -0.465. The van der Waals surface area contributed by atoms with E-state index in [1.807, 2.05) is 0 Å². The second-order valence-electron chi connectivity index (χ2n) is 0.918. The first-order valence-electron chi connectivity index (χ1n) is 2.30. The Morgan fingerprint density at radius 1 is 0.647 bits per heavy atom. The molecule has 0 aliphatic rings. The Morgan fingerprint density at radius 2 is 0.647 bits per heavy atom. The van der Waals surface area contributed by atoms with Crippen LogP contribution in [0.3, 0.4) is 0 Å². The van der Waals surface area contributed by atoms with Gasteiger partial charge in [0, 0.05) is 0 Å². The van der Waals surface area contributed by atoms with Crippen LogP contribution in [0.5, 0.6) is 0 Å². The van der Waals surface area contributed by atoms with Crippen molar-refractivity contribution < 1.29 is 15.3 Å². The summed E-state index contributed by atoms with van der Waals surface area (Å²) in [6.07, 6.45) is 0. The van der Waals surface area contributed by atoms with Crippen molar-refractivity contribution in [2.75, 3.05) is 0 Å². The molecule has 0 aliphatic heterocycles. The van der Waals surface area contributed by atoms with Crippen LogP contribution in [0.2, 0.25) is 0 Å². The maximum Gasteiger partial charge on any atom is 3.00 e. The van der Waals surface area contributed by atoms with E-state index >= 15 is 0 Å². The number of halogens is 3. The molecule has 0 bridgehead atoms. The molecule has 0 aliphatic carbocycles. The van der Waals surface area contributed by atoms with Crippen LogP contribution in [-0.4, -0.2) is 44.0 Å². The van der Waals surface area contributed by atoms with E-state index in [1.54, 1.807) is 0 Å². The minimum atomic E-state index is -1.75. The Morgan fingerprint density at radius 3 is 0.647 bits per heavy atom. The van der Waals surface area contributed by atoms with Gasteiger partial charge in [0.15, 0.2) is 0 Å². The predicted octanol–water partition coefficient (Wildman–Crippen LogP) is 0.590. The van der Waals surface area contributed by atoms with Gasteiger partial charge in [0.25, 0.3) is 0 Å². The Labute approximate surface area is 120 Å². The first-order valence-corrected chi connectivity index (χ1v) is 7.54. The zero-order valence-electron chi connectivity index (χ0n) is 7.30. The van der Waals surface area contributed by atoms with Gasteiger partial charge >= 0.3 is 28.7 Å². The van der Waals surface area contributed by atoms with Crippen LogP contribution in [-0.2, 0) is 0 Å². The topological polar surface area (TPSA) is 199 Å². The van der Waals surface area contributed by atoms with Crippen LogP contribution in [0.15, 0.2) is 0 Å². The van der Waals surface area contributed by atoms with Crippen LogP contribution in [0.1, 0.15) is 0 Å². The molecule has 0 saturated carbocycles. The van der Waals surface area contributed by atoms with Gasteiger partial charge in [-0.2, -0.15) is 0 Å². The number of hydrogen-bond acceptors (Lipinski definition) is 9. The van der Waals surface area contributed by atoms with Crippen LogP contribution >= 0.6 is 30.1 Å². The quantitative estimate of drug-likeness (QED) is 0.342. The third-order valence-corrected chi connectivity index (χ3v) is 0. The van der Waals surface area contributed by atoms with E-state index in [1.165, 1.54) is 0 Å². The molecule has 0 unspecified atom stereocenters. The normalized spacial score (nSPS) is 5.82. The smallest absolute Gasteiger partial charge is 0.356 e. The van der Waals surface area contributed by atoms with Gasteiger partial charge in [0.05, 0.1) is 15.3 Å². The van der Waals surface area contributed by atoms with Crippen molar-refractivity contribution in [2.45, 2.75) is 0 Å². The molecule has 0 aromatic heterocycles. The van der Waals surface area contributed by atoms with Crippen molar-refractivity contribution in [2.24, 2.45) is 0 Å². The standard InChI is InChI=1S/2Al.3ClH.3NO3/c;;;;;3*2-1(3)4/h;;3*1H;;;/q2*+3;;;;3*-1/p-3. The van der Waals surface area contributed by atoms with E-state index in [2.05, 4.69) is 0 Å². The minimum Gasteiger partial charge on any atom is -0.356 e. The maximum absolute atomic E-state index is 8.25. The molecule has 0 fully saturated rings. The van der Waals surface area contributed by atoms with Gasteiger partial charge in [-0.25, -0.2) is 30.1 Å².